The first-order valence-corrected chi connectivity index (χ1v) is 10.5. The smallest absolute Gasteiger partial charge is 0.239 e. The van der Waals surface area contributed by atoms with E-state index in [1.54, 1.807) is 26.0 Å². The largest absolute Gasteiger partial charge is 0.351 e. The average molecular weight is 390 g/mol. The summed E-state index contributed by atoms with van der Waals surface area (Å²) in [5, 5.41) is 2.80. The van der Waals surface area contributed by atoms with Crippen molar-refractivity contribution in [3.8, 4) is 0 Å². The van der Waals surface area contributed by atoms with Gasteiger partial charge in [0.25, 0.3) is 0 Å². The van der Waals surface area contributed by atoms with E-state index >= 15 is 0 Å². The van der Waals surface area contributed by atoms with Gasteiger partial charge in [-0.1, -0.05) is 36.4 Å². The summed E-state index contributed by atoms with van der Waals surface area (Å²) < 4.78 is 39.8. The molecule has 0 aliphatic carbocycles. The first-order chi connectivity index (χ1) is 12.8. The molecule has 0 radical (unpaired) electrons. The molecule has 0 aromatic heterocycles. The van der Waals surface area contributed by atoms with Crippen molar-refractivity contribution in [3.63, 3.8) is 0 Å². The lowest BCUT2D eigenvalue weighted by Gasteiger charge is -2.34. The number of sulfonamides is 1. The van der Waals surface area contributed by atoms with Crippen LogP contribution in [0.4, 0.5) is 4.39 Å². The van der Waals surface area contributed by atoms with Crippen LogP contribution in [0.5, 0.6) is 0 Å². The first-order valence-electron chi connectivity index (χ1n) is 8.91. The molecule has 0 spiro atoms. The molecule has 1 aliphatic rings. The Morgan fingerprint density at radius 2 is 1.93 bits per heavy atom. The number of amides is 1. The van der Waals surface area contributed by atoms with Gasteiger partial charge in [-0.05, 0) is 48.6 Å². The van der Waals surface area contributed by atoms with E-state index in [9.17, 15) is 17.6 Å². The molecule has 0 unspecified atom stereocenters. The van der Waals surface area contributed by atoms with Crippen LogP contribution in [0, 0.1) is 12.7 Å². The number of fused-ring (bicyclic) bond motifs is 1. The Hall–Kier alpha value is -2.25. The molecule has 1 heterocycles. The number of hydrogen-bond acceptors (Lipinski definition) is 3. The number of halogens is 1. The van der Waals surface area contributed by atoms with E-state index < -0.39 is 16.1 Å². The number of hydrogen-bond donors (Lipinski definition) is 1. The molecular formula is C20H23FN2O3S. The van der Waals surface area contributed by atoms with Gasteiger partial charge in [0.05, 0.1) is 5.75 Å². The molecule has 0 saturated heterocycles. The molecule has 1 aliphatic heterocycles. The van der Waals surface area contributed by atoms with Crippen LogP contribution in [0.1, 0.15) is 29.2 Å². The molecule has 0 saturated carbocycles. The molecule has 7 heteroatoms. The van der Waals surface area contributed by atoms with Crippen LogP contribution < -0.4 is 5.32 Å². The molecule has 5 nitrogen and oxygen atoms in total. The molecule has 2 aromatic rings. The van der Waals surface area contributed by atoms with Crippen LogP contribution in [-0.4, -0.2) is 30.4 Å². The summed E-state index contributed by atoms with van der Waals surface area (Å²) in [6.45, 7) is 3.65. The maximum absolute atomic E-state index is 13.4. The zero-order valence-corrected chi connectivity index (χ0v) is 16.2. The summed E-state index contributed by atoms with van der Waals surface area (Å²) >= 11 is 0. The van der Waals surface area contributed by atoms with Gasteiger partial charge in [-0.2, -0.15) is 4.31 Å². The number of carbonyl (C=O) groups is 1. The Bertz CT molecular complexity index is 959. The number of nitrogens with zero attached hydrogens (tertiary/aromatic N) is 1. The highest BCUT2D eigenvalue weighted by molar-refractivity contribution is 7.89. The second kappa shape index (κ2) is 7.78. The van der Waals surface area contributed by atoms with Crippen LogP contribution in [0.3, 0.4) is 0 Å². The number of rotatable bonds is 5. The van der Waals surface area contributed by atoms with Gasteiger partial charge in [0, 0.05) is 13.1 Å². The number of carbonyl (C=O) groups excluding carboxylic acids is 1. The fourth-order valence-electron chi connectivity index (χ4n) is 3.30. The Kier molecular flexibility index (Phi) is 5.62. The lowest BCUT2D eigenvalue weighted by atomic mass is 9.95. The monoisotopic (exact) mass is 390 g/mol. The number of nitrogens with one attached hydrogen (secondary N) is 1. The summed E-state index contributed by atoms with van der Waals surface area (Å²) in [6, 6.07) is 11.4. The van der Waals surface area contributed by atoms with E-state index in [-0.39, 0.29) is 30.6 Å². The van der Waals surface area contributed by atoms with Crippen LogP contribution in [0.25, 0.3) is 0 Å². The minimum absolute atomic E-state index is 0.0594. The van der Waals surface area contributed by atoms with Gasteiger partial charge in [-0.3, -0.25) is 4.79 Å². The fourth-order valence-corrected chi connectivity index (χ4v) is 4.53. The number of aryl methyl sites for hydroxylation is 1. The van der Waals surface area contributed by atoms with E-state index in [1.165, 1.54) is 10.4 Å². The van der Waals surface area contributed by atoms with Crippen LogP contribution in [0.15, 0.2) is 42.5 Å². The molecule has 144 valence electrons. The molecular weight excluding hydrogens is 367 g/mol. The molecule has 27 heavy (non-hydrogen) atoms. The third-order valence-corrected chi connectivity index (χ3v) is 6.75. The van der Waals surface area contributed by atoms with Crippen molar-refractivity contribution in [2.24, 2.45) is 0 Å². The van der Waals surface area contributed by atoms with Gasteiger partial charge in [0.1, 0.15) is 11.9 Å². The van der Waals surface area contributed by atoms with E-state index in [2.05, 4.69) is 5.32 Å². The van der Waals surface area contributed by atoms with Gasteiger partial charge < -0.3 is 5.32 Å². The van der Waals surface area contributed by atoms with E-state index in [0.29, 0.717) is 12.0 Å². The Morgan fingerprint density at radius 1 is 1.22 bits per heavy atom. The minimum Gasteiger partial charge on any atom is -0.351 e. The van der Waals surface area contributed by atoms with Gasteiger partial charge in [-0.25, -0.2) is 12.8 Å². The van der Waals surface area contributed by atoms with Crippen molar-refractivity contribution in [2.75, 3.05) is 5.75 Å². The van der Waals surface area contributed by atoms with E-state index in [1.807, 2.05) is 24.3 Å². The van der Waals surface area contributed by atoms with E-state index in [0.717, 1.165) is 16.7 Å². The van der Waals surface area contributed by atoms with Crippen LogP contribution in [0.2, 0.25) is 0 Å². The van der Waals surface area contributed by atoms with Crippen LogP contribution in [-0.2, 0) is 34.3 Å². The quantitative estimate of drug-likeness (QED) is 0.853. The van der Waals surface area contributed by atoms with Crippen molar-refractivity contribution in [2.45, 2.75) is 39.4 Å². The van der Waals surface area contributed by atoms with Gasteiger partial charge in [0.15, 0.2) is 0 Å². The topological polar surface area (TPSA) is 66.5 Å². The lowest BCUT2D eigenvalue weighted by Crippen LogP contribution is -2.52. The number of benzene rings is 2. The molecule has 1 amide bonds. The Labute approximate surface area is 159 Å². The highest BCUT2D eigenvalue weighted by Crippen LogP contribution is 2.26. The Morgan fingerprint density at radius 3 is 2.59 bits per heavy atom. The standard InChI is InChI=1S/C20H23FN2O3S/c1-3-27(25,26)23-13-17-7-5-4-6-16(17)11-19(23)20(24)22-12-15-8-9-18(21)14(2)10-15/h4-10,19H,3,11-13H2,1-2H3,(H,22,24)/t19-/m0/s1. The maximum atomic E-state index is 13.4. The summed E-state index contributed by atoms with van der Waals surface area (Å²) in [5.41, 5.74) is 3.18. The lowest BCUT2D eigenvalue weighted by molar-refractivity contribution is -0.125. The Balaban J connectivity index is 1.80. The highest BCUT2D eigenvalue weighted by Gasteiger charge is 2.37. The third kappa shape index (κ3) is 4.20. The SMILES string of the molecule is CCS(=O)(=O)N1Cc2ccccc2C[C@H]1C(=O)NCc1ccc(F)c(C)c1. The van der Waals surface area contributed by atoms with Crippen molar-refractivity contribution in [3.05, 3.63) is 70.5 Å². The third-order valence-electron chi connectivity index (χ3n) is 4.92. The summed E-state index contributed by atoms with van der Waals surface area (Å²) in [5.74, 6) is -0.700. The van der Waals surface area contributed by atoms with Crippen LogP contribution >= 0.6 is 0 Å². The molecule has 0 fully saturated rings. The van der Waals surface area contributed by atoms with Gasteiger partial charge >= 0.3 is 0 Å². The average Bonchev–Trinajstić information content (AvgIpc) is 2.67. The predicted octanol–water partition coefficient (Wildman–Crippen LogP) is 2.53. The van der Waals surface area contributed by atoms with Crippen molar-refractivity contribution in [1.29, 1.82) is 0 Å². The predicted molar refractivity (Wildman–Crippen MR) is 102 cm³/mol. The van der Waals surface area contributed by atoms with E-state index in [4.69, 9.17) is 0 Å². The zero-order chi connectivity index (χ0) is 19.6. The summed E-state index contributed by atoms with van der Waals surface area (Å²) in [4.78, 5) is 12.8. The molecule has 1 N–H and O–H groups in total. The zero-order valence-electron chi connectivity index (χ0n) is 15.4. The van der Waals surface area contributed by atoms with Gasteiger partial charge in [0.2, 0.25) is 15.9 Å². The van der Waals surface area contributed by atoms with Crippen molar-refractivity contribution in [1.82, 2.24) is 9.62 Å². The minimum atomic E-state index is -3.53. The molecule has 3 rings (SSSR count). The molecule has 0 bridgehead atoms. The first kappa shape index (κ1) is 19.5. The summed E-state index contributed by atoms with van der Waals surface area (Å²) in [6.07, 6.45) is 0.337. The highest BCUT2D eigenvalue weighted by atomic mass is 32.2. The maximum Gasteiger partial charge on any atom is 0.239 e. The van der Waals surface area contributed by atoms with Gasteiger partial charge in [-0.15, -0.1) is 0 Å². The molecule has 1 atom stereocenters. The second-order valence-electron chi connectivity index (χ2n) is 6.74. The van der Waals surface area contributed by atoms with Crippen molar-refractivity contribution < 1.29 is 17.6 Å². The second-order valence-corrected chi connectivity index (χ2v) is 8.95. The van der Waals surface area contributed by atoms with Crippen molar-refractivity contribution >= 4 is 15.9 Å². The fraction of sp³-hybridized carbons (Fsp3) is 0.350. The molecule has 2 aromatic carbocycles. The normalized spacial score (nSPS) is 17.4. The summed E-state index contributed by atoms with van der Waals surface area (Å²) in [7, 11) is -3.53.